The zero-order valence-corrected chi connectivity index (χ0v) is 16.5. The Kier molecular flexibility index (Phi) is 5.83. The number of carbonyl (C=O) groups is 2. The molecule has 2 aliphatic rings. The minimum absolute atomic E-state index is 0.0388. The number of hydrogen-bond donors (Lipinski definition) is 3. The number of nitrogens with zero attached hydrogens (tertiary/aromatic N) is 3. The van der Waals surface area contributed by atoms with E-state index in [2.05, 4.69) is 4.98 Å². The van der Waals surface area contributed by atoms with Crippen LogP contribution in [-0.2, 0) is 9.47 Å². The lowest BCUT2D eigenvalue weighted by atomic mass is 10.1. The fourth-order valence-corrected chi connectivity index (χ4v) is 3.78. The third-order valence-electron chi connectivity index (χ3n) is 5.33. The van der Waals surface area contributed by atoms with Gasteiger partial charge in [-0.1, -0.05) is 12.1 Å². The number of carbonyl (C=O) groups excluding carboxylic acids is 2. The predicted molar refractivity (Wildman–Crippen MR) is 106 cm³/mol. The van der Waals surface area contributed by atoms with E-state index in [0.717, 1.165) is 9.47 Å². The summed E-state index contributed by atoms with van der Waals surface area (Å²) in [5.74, 6) is -0.679. The first-order chi connectivity index (χ1) is 14.9. The zero-order valence-electron chi connectivity index (χ0n) is 16.5. The summed E-state index contributed by atoms with van der Waals surface area (Å²) < 4.78 is 12.5. The molecule has 3 heterocycles. The first-order valence-electron chi connectivity index (χ1n) is 9.78. The summed E-state index contributed by atoms with van der Waals surface area (Å²) in [4.78, 5) is 41.8. The number of rotatable bonds is 7. The van der Waals surface area contributed by atoms with Crippen molar-refractivity contribution in [2.75, 3.05) is 25.5 Å². The molecule has 11 heteroatoms. The Balaban J connectivity index is 1.40. The van der Waals surface area contributed by atoms with Crippen molar-refractivity contribution in [3.63, 3.8) is 0 Å². The summed E-state index contributed by atoms with van der Waals surface area (Å²) in [5, 5.41) is 19.9. The number of aliphatic hydroxyl groups excluding tert-OH is 2. The highest BCUT2D eigenvalue weighted by molar-refractivity contribution is 6.21. The number of amides is 2. The molecule has 0 unspecified atom stereocenters. The largest absolute Gasteiger partial charge is 0.394 e. The van der Waals surface area contributed by atoms with E-state index in [4.69, 9.17) is 15.2 Å². The van der Waals surface area contributed by atoms with Gasteiger partial charge in [0.1, 0.15) is 24.1 Å². The highest BCUT2D eigenvalue weighted by atomic mass is 16.6. The number of ether oxygens (including phenoxy) is 2. The molecule has 0 spiro atoms. The lowest BCUT2D eigenvalue weighted by Crippen LogP contribution is -2.39. The number of fused-ring (bicyclic) bond motifs is 1. The zero-order chi connectivity index (χ0) is 22.1. The van der Waals surface area contributed by atoms with Crippen molar-refractivity contribution in [1.29, 1.82) is 0 Å². The SMILES string of the molecule is Nc1ccn([C@@H]2O[C@H](CO)[C@@H](O)[C@H]2OCCCN2C(=O)c3ccccc3C2=O)c(=O)n1. The molecule has 4 N–H and O–H groups in total. The van der Waals surface area contributed by atoms with Gasteiger partial charge in [-0.15, -0.1) is 0 Å². The number of hydrogen-bond acceptors (Lipinski definition) is 9. The lowest BCUT2D eigenvalue weighted by molar-refractivity contribution is -0.0750. The van der Waals surface area contributed by atoms with Crippen molar-refractivity contribution < 1.29 is 29.3 Å². The molecule has 1 aromatic heterocycles. The molecule has 2 amide bonds. The van der Waals surface area contributed by atoms with Gasteiger partial charge in [0.15, 0.2) is 6.23 Å². The molecule has 31 heavy (non-hydrogen) atoms. The Bertz CT molecular complexity index is 1020. The summed E-state index contributed by atoms with van der Waals surface area (Å²) in [7, 11) is 0. The molecular formula is C20H22N4O7. The first kappa shape index (κ1) is 21.1. The van der Waals surface area contributed by atoms with Crippen LogP contribution in [0.4, 0.5) is 5.82 Å². The molecular weight excluding hydrogens is 408 g/mol. The van der Waals surface area contributed by atoms with Crippen molar-refractivity contribution in [1.82, 2.24) is 14.5 Å². The number of aromatic nitrogens is 2. The smallest absolute Gasteiger partial charge is 0.351 e. The van der Waals surface area contributed by atoms with E-state index in [-0.39, 0.29) is 30.8 Å². The number of anilines is 1. The van der Waals surface area contributed by atoms with E-state index in [1.165, 1.54) is 12.3 Å². The van der Waals surface area contributed by atoms with E-state index in [1.54, 1.807) is 24.3 Å². The van der Waals surface area contributed by atoms with E-state index < -0.39 is 36.8 Å². The maximum absolute atomic E-state index is 12.4. The molecule has 164 valence electrons. The molecule has 0 saturated carbocycles. The highest BCUT2D eigenvalue weighted by Gasteiger charge is 2.45. The van der Waals surface area contributed by atoms with Gasteiger partial charge >= 0.3 is 5.69 Å². The van der Waals surface area contributed by atoms with Crippen molar-refractivity contribution in [2.45, 2.75) is 31.0 Å². The number of benzene rings is 1. The number of nitrogens with two attached hydrogens (primary N) is 1. The van der Waals surface area contributed by atoms with Crippen LogP contribution in [0.3, 0.4) is 0 Å². The first-order valence-corrected chi connectivity index (χ1v) is 9.78. The molecule has 11 nitrogen and oxygen atoms in total. The topological polar surface area (TPSA) is 157 Å². The van der Waals surface area contributed by atoms with Crippen LogP contribution in [0, 0.1) is 0 Å². The lowest BCUT2D eigenvalue weighted by Gasteiger charge is -2.23. The molecule has 2 aromatic rings. The average molecular weight is 430 g/mol. The fourth-order valence-electron chi connectivity index (χ4n) is 3.78. The third-order valence-corrected chi connectivity index (χ3v) is 5.33. The normalized spacial score (nSPS) is 25.3. The van der Waals surface area contributed by atoms with Crippen LogP contribution in [0.5, 0.6) is 0 Å². The second kappa shape index (κ2) is 8.55. The van der Waals surface area contributed by atoms with Gasteiger partial charge in [-0.25, -0.2) is 4.79 Å². The Morgan fingerprint density at radius 2 is 1.81 bits per heavy atom. The number of nitrogen functional groups attached to an aromatic ring is 1. The Labute approximate surface area is 176 Å². The second-order valence-electron chi connectivity index (χ2n) is 7.28. The van der Waals surface area contributed by atoms with Gasteiger partial charge in [-0.3, -0.25) is 19.1 Å². The Hall–Kier alpha value is -3.12. The summed E-state index contributed by atoms with van der Waals surface area (Å²) in [6.07, 6.45) is -2.46. The van der Waals surface area contributed by atoms with E-state index in [1.807, 2.05) is 0 Å². The molecule has 0 aliphatic carbocycles. The number of imide groups is 1. The van der Waals surface area contributed by atoms with Crippen LogP contribution in [-0.4, -0.2) is 74.5 Å². The van der Waals surface area contributed by atoms with Crippen LogP contribution < -0.4 is 11.4 Å². The predicted octanol–water partition coefficient (Wildman–Crippen LogP) is -0.852. The van der Waals surface area contributed by atoms with Crippen LogP contribution in [0.25, 0.3) is 0 Å². The Morgan fingerprint density at radius 3 is 2.42 bits per heavy atom. The summed E-state index contributed by atoms with van der Waals surface area (Å²) in [6.45, 7) is -0.262. The van der Waals surface area contributed by atoms with Gasteiger partial charge in [-0.05, 0) is 24.6 Å². The maximum atomic E-state index is 12.4. The molecule has 1 fully saturated rings. The number of aliphatic hydroxyl groups is 2. The standard InChI is InChI=1S/C20H22N4O7/c21-14-6-8-24(20(29)22-14)19-16(15(26)13(10-25)31-19)30-9-3-7-23-17(27)11-4-1-2-5-12(11)18(23)28/h1-2,4-6,8,13,15-16,19,25-26H,3,7,9-10H2,(H2,21,22,29)/t13-,15-,16-,19-/m1/s1. The van der Waals surface area contributed by atoms with Crippen molar-refractivity contribution >= 4 is 17.6 Å². The molecule has 2 aliphatic heterocycles. The molecule has 4 atom stereocenters. The summed E-state index contributed by atoms with van der Waals surface area (Å²) >= 11 is 0. The van der Waals surface area contributed by atoms with Crippen molar-refractivity contribution in [3.05, 3.63) is 58.1 Å². The van der Waals surface area contributed by atoms with Crippen LogP contribution in [0.15, 0.2) is 41.3 Å². The molecule has 1 aromatic carbocycles. The van der Waals surface area contributed by atoms with Crippen LogP contribution in [0.1, 0.15) is 33.4 Å². The average Bonchev–Trinajstić information content (AvgIpc) is 3.20. The summed E-state index contributed by atoms with van der Waals surface area (Å²) in [5.41, 5.74) is 5.56. The van der Waals surface area contributed by atoms with E-state index in [0.29, 0.717) is 17.5 Å². The minimum Gasteiger partial charge on any atom is -0.394 e. The second-order valence-corrected chi connectivity index (χ2v) is 7.28. The van der Waals surface area contributed by atoms with Gasteiger partial charge in [-0.2, -0.15) is 4.98 Å². The monoisotopic (exact) mass is 430 g/mol. The van der Waals surface area contributed by atoms with Crippen molar-refractivity contribution in [2.24, 2.45) is 0 Å². The van der Waals surface area contributed by atoms with E-state index >= 15 is 0 Å². The van der Waals surface area contributed by atoms with Gasteiger partial charge in [0.2, 0.25) is 0 Å². The van der Waals surface area contributed by atoms with Gasteiger partial charge in [0.05, 0.1) is 17.7 Å². The quantitative estimate of drug-likeness (QED) is 0.376. The summed E-state index contributed by atoms with van der Waals surface area (Å²) in [6, 6.07) is 8.02. The Morgan fingerprint density at radius 1 is 1.13 bits per heavy atom. The molecule has 0 bridgehead atoms. The van der Waals surface area contributed by atoms with Gasteiger partial charge in [0, 0.05) is 19.3 Å². The van der Waals surface area contributed by atoms with E-state index in [9.17, 15) is 24.6 Å². The molecule has 1 saturated heterocycles. The maximum Gasteiger partial charge on any atom is 0.351 e. The van der Waals surface area contributed by atoms with Gasteiger partial charge < -0.3 is 25.4 Å². The third kappa shape index (κ3) is 3.83. The highest BCUT2D eigenvalue weighted by Crippen LogP contribution is 2.31. The molecule has 0 radical (unpaired) electrons. The van der Waals surface area contributed by atoms with Gasteiger partial charge in [0.25, 0.3) is 11.8 Å². The molecule has 4 rings (SSSR count). The fraction of sp³-hybridized carbons (Fsp3) is 0.400. The van der Waals surface area contributed by atoms with Crippen LogP contribution in [0.2, 0.25) is 0 Å². The van der Waals surface area contributed by atoms with Crippen molar-refractivity contribution in [3.8, 4) is 0 Å². The minimum atomic E-state index is -1.20. The van der Waals surface area contributed by atoms with Crippen LogP contribution >= 0.6 is 0 Å².